The molecular formula is C22H29N3O2S. The smallest absolute Gasteiger partial charge is 0.264 e. The summed E-state index contributed by atoms with van der Waals surface area (Å²) in [5, 5.41) is 0. The van der Waals surface area contributed by atoms with Gasteiger partial charge in [0.2, 0.25) is 0 Å². The maximum absolute atomic E-state index is 12.8. The molecule has 0 bridgehead atoms. The molecule has 0 unspecified atom stereocenters. The van der Waals surface area contributed by atoms with Gasteiger partial charge < -0.3 is 14.7 Å². The van der Waals surface area contributed by atoms with E-state index in [-0.39, 0.29) is 11.8 Å². The molecule has 0 radical (unpaired) electrons. The average Bonchev–Trinajstić information content (AvgIpc) is 3.17. The molecule has 0 saturated carbocycles. The van der Waals surface area contributed by atoms with Gasteiger partial charge in [-0.2, -0.15) is 0 Å². The van der Waals surface area contributed by atoms with Crippen molar-refractivity contribution in [2.24, 2.45) is 0 Å². The first kappa shape index (κ1) is 20.4. The zero-order chi connectivity index (χ0) is 20.1. The highest BCUT2D eigenvalue weighted by Gasteiger charge is 2.26. The first-order valence-electron chi connectivity index (χ1n) is 9.95. The number of amides is 2. The number of anilines is 1. The molecule has 0 spiro atoms. The highest BCUT2D eigenvalue weighted by Crippen LogP contribution is 2.19. The van der Waals surface area contributed by atoms with E-state index >= 15 is 0 Å². The minimum atomic E-state index is 0.0434. The van der Waals surface area contributed by atoms with Crippen LogP contribution in [0.3, 0.4) is 0 Å². The standard InChI is InChI=1S/C22H29N3O2S/c1-4-5-12-23(3)19-9-7-18(8-10-19)21(26)24-13-15-25(16-14-24)22(27)20-11-6-17(2)28-20/h6-11H,4-5,12-16H2,1-3H3. The molecule has 0 aliphatic carbocycles. The third-order valence-electron chi connectivity index (χ3n) is 5.21. The van der Waals surface area contributed by atoms with Crippen LogP contribution in [0.2, 0.25) is 0 Å². The molecule has 3 rings (SSSR count). The Hall–Kier alpha value is -2.34. The average molecular weight is 400 g/mol. The van der Waals surface area contributed by atoms with Crippen molar-refractivity contribution in [3.8, 4) is 0 Å². The van der Waals surface area contributed by atoms with Gasteiger partial charge in [-0.05, 0) is 49.7 Å². The van der Waals surface area contributed by atoms with Crippen LogP contribution in [-0.2, 0) is 0 Å². The van der Waals surface area contributed by atoms with Gasteiger partial charge in [-0.3, -0.25) is 9.59 Å². The molecule has 1 saturated heterocycles. The molecule has 150 valence electrons. The summed E-state index contributed by atoms with van der Waals surface area (Å²) in [4.78, 5) is 33.2. The molecule has 2 amide bonds. The van der Waals surface area contributed by atoms with Crippen molar-refractivity contribution in [1.82, 2.24) is 9.80 Å². The second-order valence-electron chi connectivity index (χ2n) is 7.32. The van der Waals surface area contributed by atoms with Crippen LogP contribution in [0.4, 0.5) is 5.69 Å². The summed E-state index contributed by atoms with van der Waals surface area (Å²) in [6.45, 7) is 7.53. The maximum Gasteiger partial charge on any atom is 0.264 e. The van der Waals surface area contributed by atoms with Gasteiger partial charge in [-0.15, -0.1) is 11.3 Å². The number of carbonyl (C=O) groups excluding carboxylic acids is 2. The Bertz CT molecular complexity index is 807. The predicted octanol–water partition coefficient (Wildman–Crippen LogP) is 3.89. The minimum absolute atomic E-state index is 0.0434. The van der Waals surface area contributed by atoms with E-state index in [0.717, 1.165) is 28.4 Å². The first-order valence-corrected chi connectivity index (χ1v) is 10.8. The Kier molecular flexibility index (Phi) is 6.73. The van der Waals surface area contributed by atoms with E-state index in [1.54, 1.807) is 0 Å². The molecule has 0 atom stereocenters. The monoisotopic (exact) mass is 399 g/mol. The van der Waals surface area contributed by atoms with E-state index < -0.39 is 0 Å². The fourth-order valence-corrected chi connectivity index (χ4v) is 4.22. The first-order chi connectivity index (χ1) is 13.5. The SMILES string of the molecule is CCCCN(C)c1ccc(C(=O)N2CCN(C(=O)c3ccc(C)s3)CC2)cc1. The summed E-state index contributed by atoms with van der Waals surface area (Å²) >= 11 is 1.53. The second-order valence-corrected chi connectivity index (χ2v) is 8.60. The predicted molar refractivity (Wildman–Crippen MR) is 115 cm³/mol. The van der Waals surface area contributed by atoms with Gasteiger partial charge in [0.15, 0.2) is 0 Å². The molecule has 0 N–H and O–H groups in total. The van der Waals surface area contributed by atoms with Crippen molar-refractivity contribution in [2.45, 2.75) is 26.7 Å². The number of piperazine rings is 1. The van der Waals surface area contributed by atoms with Crippen molar-refractivity contribution in [3.05, 3.63) is 51.7 Å². The molecule has 1 aliphatic heterocycles. The number of hydrogen-bond donors (Lipinski definition) is 0. The summed E-state index contributed by atoms with van der Waals surface area (Å²) in [6, 6.07) is 11.7. The zero-order valence-electron chi connectivity index (χ0n) is 17.0. The van der Waals surface area contributed by atoms with Crippen LogP contribution in [-0.4, -0.2) is 61.4 Å². The molecule has 1 aliphatic rings. The number of thiophene rings is 1. The molecule has 2 heterocycles. The van der Waals surface area contributed by atoms with Crippen molar-refractivity contribution >= 4 is 28.8 Å². The lowest BCUT2D eigenvalue weighted by molar-refractivity contribution is 0.0538. The Morgan fingerprint density at radius 2 is 1.57 bits per heavy atom. The van der Waals surface area contributed by atoms with E-state index in [1.807, 2.05) is 53.1 Å². The van der Waals surface area contributed by atoms with Crippen molar-refractivity contribution in [1.29, 1.82) is 0 Å². The third-order valence-corrected chi connectivity index (χ3v) is 6.20. The highest BCUT2D eigenvalue weighted by molar-refractivity contribution is 7.13. The summed E-state index contributed by atoms with van der Waals surface area (Å²) in [6.07, 6.45) is 2.33. The van der Waals surface area contributed by atoms with Crippen LogP contribution < -0.4 is 4.90 Å². The normalized spacial score (nSPS) is 14.2. The van der Waals surface area contributed by atoms with Crippen molar-refractivity contribution in [3.63, 3.8) is 0 Å². The largest absolute Gasteiger partial charge is 0.375 e. The van der Waals surface area contributed by atoms with Crippen LogP contribution in [0.5, 0.6) is 0 Å². The van der Waals surface area contributed by atoms with Crippen molar-refractivity contribution < 1.29 is 9.59 Å². The topological polar surface area (TPSA) is 43.9 Å². The molecule has 1 aromatic carbocycles. The quantitative estimate of drug-likeness (QED) is 0.740. The van der Waals surface area contributed by atoms with Gasteiger partial charge in [0.25, 0.3) is 11.8 Å². The van der Waals surface area contributed by atoms with Crippen LogP contribution >= 0.6 is 11.3 Å². The highest BCUT2D eigenvalue weighted by atomic mass is 32.1. The van der Waals surface area contributed by atoms with Gasteiger partial charge in [0.1, 0.15) is 0 Å². The lowest BCUT2D eigenvalue weighted by atomic mass is 10.1. The Labute approximate surface area is 171 Å². The van der Waals surface area contributed by atoms with Crippen LogP contribution in [0.1, 0.15) is 44.7 Å². The van der Waals surface area contributed by atoms with E-state index in [1.165, 1.54) is 17.8 Å². The lowest BCUT2D eigenvalue weighted by Crippen LogP contribution is -2.50. The van der Waals surface area contributed by atoms with Gasteiger partial charge in [0, 0.05) is 55.9 Å². The summed E-state index contributed by atoms with van der Waals surface area (Å²) < 4.78 is 0. The fraction of sp³-hybridized carbons (Fsp3) is 0.455. The number of aryl methyl sites for hydroxylation is 1. The third kappa shape index (κ3) is 4.73. The summed E-state index contributed by atoms with van der Waals surface area (Å²) in [7, 11) is 2.08. The van der Waals surface area contributed by atoms with Crippen LogP contribution in [0, 0.1) is 6.92 Å². The van der Waals surface area contributed by atoms with Crippen molar-refractivity contribution in [2.75, 3.05) is 44.7 Å². The number of benzene rings is 1. The summed E-state index contributed by atoms with van der Waals surface area (Å²) in [5.41, 5.74) is 1.84. The Morgan fingerprint density at radius 3 is 2.11 bits per heavy atom. The number of rotatable bonds is 6. The molecule has 1 fully saturated rings. The van der Waals surface area contributed by atoms with E-state index in [0.29, 0.717) is 31.7 Å². The molecular weight excluding hydrogens is 370 g/mol. The number of hydrogen-bond acceptors (Lipinski definition) is 4. The molecule has 2 aromatic rings. The summed E-state index contributed by atoms with van der Waals surface area (Å²) in [5.74, 6) is 0.117. The van der Waals surface area contributed by atoms with Gasteiger partial charge >= 0.3 is 0 Å². The number of carbonyl (C=O) groups is 2. The van der Waals surface area contributed by atoms with Crippen LogP contribution in [0.25, 0.3) is 0 Å². The molecule has 6 heteroatoms. The minimum Gasteiger partial charge on any atom is -0.375 e. The number of nitrogens with zero attached hydrogens (tertiary/aromatic N) is 3. The number of unbranched alkanes of at least 4 members (excludes halogenated alkanes) is 1. The van der Waals surface area contributed by atoms with Gasteiger partial charge in [-0.1, -0.05) is 13.3 Å². The van der Waals surface area contributed by atoms with Gasteiger partial charge in [-0.25, -0.2) is 0 Å². The lowest BCUT2D eigenvalue weighted by Gasteiger charge is -2.34. The van der Waals surface area contributed by atoms with E-state index in [2.05, 4.69) is 18.9 Å². The zero-order valence-corrected chi connectivity index (χ0v) is 17.8. The van der Waals surface area contributed by atoms with E-state index in [9.17, 15) is 9.59 Å². The Morgan fingerprint density at radius 1 is 0.964 bits per heavy atom. The van der Waals surface area contributed by atoms with Gasteiger partial charge in [0.05, 0.1) is 4.88 Å². The Balaban J connectivity index is 1.55. The maximum atomic E-state index is 12.8. The van der Waals surface area contributed by atoms with E-state index in [4.69, 9.17) is 0 Å². The molecule has 1 aromatic heterocycles. The molecule has 28 heavy (non-hydrogen) atoms. The van der Waals surface area contributed by atoms with Crippen LogP contribution in [0.15, 0.2) is 36.4 Å². The fourth-order valence-electron chi connectivity index (χ4n) is 3.38. The molecule has 5 nitrogen and oxygen atoms in total. The second kappa shape index (κ2) is 9.24.